The van der Waals surface area contributed by atoms with E-state index in [9.17, 15) is 13.2 Å². The quantitative estimate of drug-likeness (QED) is 0.543. The summed E-state index contributed by atoms with van der Waals surface area (Å²) in [5.41, 5.74) is 1.22. The molecule has 1 amide bonds. The van der Waals surface area contributed by atoms with Gasteiger partial charge in [0.1, 0.15) is 5.75 Å². The summed E-state index contributed by atoms with van der Waals surface area (Å²) in [5.74, 6) is 1.62. The molecular formula is C22H30N2O7S. The van der Waals surface area contributed by atoms with Gasteiger partial charge in [-0.15, -0.1) is 0 Å². The predicted molar refractivity (Wildman–Crippen MR) is 122 cm³/mol. The van der Waals surface area contributed by atoms with Crippen molar-refractivity contribution >= 4 is 21.6 Å². The van der Waals surface area contributed by atoms with Crippen molar-refractivity contribution < 1.29 is 32.2 Å². The first kappa shape index (κ1) is 25.1. The van der Waals surface area contributed by atoms with Crippen molar-refractivity contribution in [2.24, 2.45) is 0 Å². The normalized spacial score (nSPS) is 11.9. The number of nitrogens with zero attached hydrogens (tertiary/aromatic N) is 1. The second-order valence-corrected chi connectivity index (χ2v) is 8.96. The summed E-state index contributed by atoms with van der Waals surface area (Å²) in [7, 11) is 2.68. The van der Waals surface area contributed by atoms with Crippen molar-refractivity contribution in [3.63, 3.8) is 0 Å². The molecule has 2 aromatic rings. The lowest BCUT2D eigenvalue weighted by Gasteiger charge is -2.20. The van der Waals surface area contributed by atoms with Crippen LogP contribution < -0.4 is 28.6 Å². The maximum Gasteiger partial charge on any atom is 0.261 e. The summed E-state index contributed by atoms with van der Waals surface area (Å²) < 4.78 is 46.4. The van der Waals surface area contributed by atoms with Crippen LogP contribution in [-0.2, 0) is 21.4 Å². The van der Waals surface area contributed by atoms with Gasteiger partial charge >= 0.3 is 0 Å². The van der Waals surface area contributed by atoms with E-state index < -0.39 is 16.1 Å². The Kier molecular flexibility index (Phi) is 8.59. The fourth-order valence-electron chi connectivity index (χ4n) is 3.01. The zero-order valence-electron chi connectivity index (χ0n) is 19.2. The van der Waals surface area contributed by atoms with Crippen molar-refractivity contribution in [3.05, 3.63) is 42.0 Å². The molecule has 1 atom stereocenters. The Morgan fingerprint density at radius 1 is 1.00 bits per heavy atom. The average molecular weight is 467 g/mol. The van der Waals surface area contributed by atoms with E-state index in [-0.39, 0.29) is 12.5 Å². The molecule has 2 aromatic carbocycles. The molecule has 9 nitrogen and oxygen atoms in total. The summed E-state index contributed by atoms with van der Waals surface area (Å²) in [4.78, 5) is 12.7. The molecule has 0 unspecified atom stereocenters. The van der Waals surface area contributed by atoms with Crippen LogP contribution in [0.25, 0.3) is 0 Å². The molecule has 0 aliphatic carbocycles. The zero-order chi connectivity index (χ0) is 23.9. The predicted octanol–water partition coefficient (Wildman–Crippen LogP) is 2.58. The molecule has 0 aromatic heterocycles. The third-order valence-corrected chi connectivity index (χ3v) is 6.08. The Balaban J connectivity index is 2.08. The van der Waals surface area contributed by atoms with Crippen LogP contribution in [0.2, 0.25) is 0 Å². The molecule has 0 aliphatic heterocycles. The lowest BCUT2D eigenvalue weighted by molar-refractivity contribution is -0.128. The van der Waals surface area contributed by atoms with Crippen LogP contribution in [0.4, 0.5) is 5.69 Å². The van der Waals surface area contributed by atoms with Gasteiger partial charge < -0.3 is 24.3 Å². The van der Waals surface area contributed by atoms with E-state index in [4.69, 9.17) is 18.9 Å². The summed E-state index contributed by atoms with van der Waals surface area (Å²) in [5, 5.41) is 2.86. The van der Waals surface area contributed by atoms with Gasteiger partial charge in [0, 0.05) is 19.2 Å². The lowest BCUT2D eigenvalue weighted by Crippen LogP contribution is -2.37. The van der Waals surface area contributed by atoms with Gasteiger partial charge in [-0.3, -0.25) is 9.10 Å². The molecule has 0 saturated heterocycles. The van der Waals surface area contributed by atoms with E-state index in [2.05, 4.69) is 5.32 Å². The minimum atomic E-state index is -3.36. The molecule has 0 aliphatic rings. The van der Waals surface area contributed by atoms with E-state index >= 15 is 0 Å². The first-order chi connectivity index (χ1) is 15.2. The summed E-state index contributed by atoms with van der Waals surface area (Å²) in [6.07, 6.45) is 0.849. The molecule has 32 heavy (non-hydrogen) atoms. The minimum Gasteiger partial charge on any atom is -0.493 e. The lowest BCUT2D eigenvalue weighted by atomic mass is 10.1. The Bertz CT molecular complexity index is 1020. The smallest absolute Gasteiger partial charge is 0.261 e. The highest BCUT2D eigenvalue weighted by Crippen LogP contribution is 2.39. The molecule has 2 rings (SSSR count). The highest BCUT2D eigenvalue weighted by atomic mass is 32.2. The van der Waals surface area contributed by atoms with Crippen LogP contribution in [0.1, 0.15) is 18.9 Å². The standard InChI is InChI=1S/C22H30N2O7S/c1-7-18(31-17-11-9-16(10-12-17)24(2)32(6,26)27)22(25)23-14-15-8-13-19(28-3)21(30-5)20(15)29-4/h8-13,18H,7,14H2,1-6H3,(H,23,25)/t18-/m1/s1. The van der Waals surface area contributed by atoms with Crippen molar-refractivity contribution in [1.29, 1.82) is 0 Å². The van der Waals surface area contributed by atoms with Gasteiger partial charge in [0.05, 0.1) is 33.3 Å². The van der Waals surface area contributed by atoms with Gasteiger partial charge in [0.2, 0.25) is 15.8 Å². The van der Waals surface area contributed by atoms with Crippen molar-refractivity contribution in [3.8, 4) is 23.0 Å². The fraction of sp³-hybridized carbons (Fsp3) is 0.409. The van der Waals surface area contributed by atoms with E-state index in [1.54, 1.807) is 36.4 Å². The second-order valence-electron chi connectivity index (χ2n) is 6.95. The number of hydrogen-bond acceptors (Lipinski definition) is 7. The Hall–Kier alpha value is -3.14. The summed E-state index contributed by atoms with van der Waals surface area (Å²) >= 11 is 0. The van der Waals surface area contributed by atoms with Gasteiger partial charge in [-0.2, -0.15) is 0 Å². The Labute approximate surface area is 189 Å². The number of ether oxygens (including phenoxy) is 4. The number of hydrogen-bond donors (Lipinski definition) is 1. The van der Waals surface area contributed by atoms with Crippen LogP contribution in [0.5, 0.6) is 23.0 Å². The second kappa shape index (κ2) is 10.9. The number of sulfonamides is 1. The minimum absolute atomic E-state index is 0.209. The number of anilines is 1. The molecule has 0 spiro atoms. The molecule has 1 N–H and O–H groups in total. The van der Waals surface area contributed by atoms with Crippen LogP contribution in [0, 0.1) is 0 Å². The molecular weight excluding hydrogens is 436 g/mol. The Morgan fingerprint density at radius 3 is 2.12 bits per heavy atom. The van der Waals surface area contributed by atoms with E-state index in [1.807, 2.05) is 6.92 Å². The van der Waals surface area contributed by atoms with Crippen LogP contribution in [-0.4, -0.2) is 55.1 Å². The molecule has 0 bridgehead atoms. The first-order valence-corrected chi connectivity index (χ1v) is 11.8. The van der Waals surface area contributed by atoms with Gasteiger partial charge in [-0.25, -0.2) is 8.42 Å². The number of amides is 1. The van der Waals surface area contributed by atoms with Crippen LogP contribution in [0.15, 0.2) is 36.4 Å². The van der Waals surface area contributed by atoms with Gasteiger partial charge in [0.15, 0.2) is 17.6 Å². The Morgan fingerprint density at radius 2 is 1.62 bits per heavy atom. The summed E-state index contributed by atoms with van der Waals surface area (Å²) in [6.45, 7) is 2.05. The SMILES string of the molecule is CC[C@@H](Oc1ccc(N(C)S(C)(=O)=O)cc1)C(=O)NCc1ccc(OC)c(OC)c1OC. The van der Waals surface area contributed by atoms with E-state index in [0.29, 0.717) is 35.1 Å². The monoisotopic (exact) mass is 466 g/mol. The molecule has 0 radical (unpaired) electrons. The number of nitrogens with one attached hydrogen (secondary N) is 1. The number of benzene rings is 2. The van der Waals surface area contributed by atoms with Crippen LogP contribution in [0.3, 0.4) is 0 Å². The molecule has 0 heterocycles. The van der Waals surface area contributed by atoms with E-state index in [0.717, 1.165) is 16.1 Å². The van der Waals surface area contributed by atoms with Gasteiger partial charge in [-0.1, -0.05) is 6.92 Å². The average Bonchev–Trinajstić information content (AvgIpc) is 2.79. The maximum absolute atomic E-state index is 12.7. The first-order valence-electron chi connectivity index (χ1n) is 9.92. The third kappa shape index (κ3) is 5.97. The van der Waals surface area contributed by atoms with Gasteiger partial charge in [0.25, 0.3) is 5.91 Å². The maximum atomic E-state index is 12.7. The highest BCUT2D eigenvalue weighted by molar-refractivity contribution is 7.92. The van der Waals surface area contributed by atoms with Crippen molar-refractivity contribution in [2.45, 2.75) is 26.0 Å². The number of methoxy groups -OCH3 is 3. The fourth-order valence-corrected chi connectivity index (χ4v) is 3.52. The van der Waals surface area contributed by atoms with Crippen molar-refractivity contribution in [1.82, 2.24) is 5.32 Å². The molecule has 0 saturated carbocycles. The molecule has 176 valence electrons. The zero-order valence-corrected chi connectivity index (χ0v) is 20.0. The summed E-state index contributed by atoms with van der Waals surface area (Å²) in [6, 6.07) is 10.0. The number of rotatable bonds is 11. The third-order valence-electron chi connectivity index (χ3n) is 4.88. The largest absolute Gasteiger partial charge is 0.493 e. The number of carbonyl (C=O) groups excluding carboxylic acids is 1. The van der Waals surface area contributed by atoms with Gasteiger partial charge in [-0.05, 0) is 42.8 Å². The van der Waals surface area contributed by atoms with Crippen molar-refractivity contribution in [2.75, 3.05) is 38.9 Å². The molecule has 0 fully saturated rings. The van der Waals surface area contributed by atoms with E-state index in [1.165, 1.54) is 28.4 Å². The number of carbonyl (C=O) groups is 1. The highest BCUT2D eigenvalue weighted by Gasteiger charge is 2.21. The van der Waals surface area contributed by atoms with Crippen LogP contribution >= 0.6 is 0 Å². The topological polar surface area (TPSA) is 103 Å². The molecule has 10 heteroatoms.